The van der Waals surface area contributed by atoms with Gasteiger partial charge in [0.1, 0.15) is 0 Å². The van der Waals surface area contributed by atoms with Crippen molar-refractivity contribution in [1.29, 1.82) is 0 Å². The second kappa shape index (κ2) is 8.06. The molecule has 0 radical (unpaired) electrons. The fourth-order valence-electron chi connectivity index (χ4n) is 3.53. The van der Waals surface area contributed by atoms with Gasteiger partial charge < -0.3 is 16.0 Å². The molecule has 1 fully saturated rings. The zero-order valence-electron chi connectivity index (χ0n) is 13.7. The van der Waals surface area contributed by atoms with Crippen LogP contribution in [0, 0.1) is 0 Å². The predicted molar refractivity (Wildman–Crippen MR) is 91.6 cm³/mol. The highest BCUT2D eigenvalue weighted by Gasteiger charge is 2.17. The van der Waals surface area contributed by atoms with E-state index in [0.29, 0.717) is 0 Å². The summed E-state index contributed by atoms with van der Waals surface area (Å²) in [6.45, 7) is 10.1. The van der Waals surface area contributed by atoms with Crippen LogP contribution in [0.2, 0.25) is 0 Å². The molecule has 1 aromatic rings. The van der Waals surface area contributed by atoms with Crippen molar-refractivity contribution in [3.05, 3.63) is 34.9 Å². The van der Waals surface area contributed by atoms with E-state index in [0.717, 1.165) is 26.2 Å². The molecule has 0 spiro atoms. The van der Waals surface area contributed by atoms with Gasteiger partial charge in [0.2, 0.25) is 0 Å². The molecule has 0 atom stereocenters. The molecule has 3 rings (SSSR count). The smallest absolute Gasteiger partial charge is 0.0234 e. The Balaban J connectivity index is 1.40. The number of piperazine rings is 1. The molecule has 1 saturated heterocycles. The van der Waals surface area contributed by atoms with E-state index in [1.165, 1.54) is 68.7 Å². The Labute approximate surface area is 134 Å². The lowest BCUT2D eigenvalue weighted by molar-refractivity contribution is 0.125. The SMILES string of the molecule is NCCCCCN1CCN(Cc2ccc3c(c2)CNC3)CC1. The van der Waals surface area contributed by atoms with E-state index in [1.54, 1.807) is 0 Å². The first-order valence-electron chi connectivity index (χ1n) is 8.81. The van der Waals surface area contributed by atoms with Crippen LogP contribution in [0.5, 0.6) is 0 Å². The lowest BCUT2D eigenvalue weighted by Gasteiger charge is -2.34. The van der Waals surface area contributed by atoms with Gasteiger partial charge in [-0.15, -0.1) is 0 Å². The Bertz CT molecular complexity index is 466. The number of nitrogens with zero attached hydrogens (tertiary/aromatic N) is 2. The standard InChI is InChI=1S/C18H30N4/c19-6-2-1-3-7-21-8-10-22(11-9-21)15-16-4-5-17-13-20-14-18(17)12-16/h4-5,12,20H,1-3,6-11,13-15,19H2. The maximum atomic E-state index is 5.55. The van der Waals surface area contributed by atoms with Gasteiger partial charge in [-0.3, -0.25) is 4.90 Å². The first-order valence-corrected chi connectivity index (χ1v) is 8.81. The van der Waals surface area contributed by atoms with Gasteiger partial charge in [-0.05, 0) is 42.6 Å². The number of hydrogen-bond donors (Lipinski definition) is 2. The highest BCUT2D eigenvalue weighted by molar-refractivity contribution is 5.34. The van der Waals surface area contributed by atoms with E-state index in [4.69, 9.17) is 5.73 Å². The largest absolute Gasteiger partial charge is 0.330 e. The average molecular weight is 302 g/mol. The third kappa shape index (κ3) is 4.29. The number of hydrogen-bond acceptors (Lipinski definition) is 4. The molecule has 3 N–H and O–H groups in total. The highest BCUT2D eigenvalue weighted by Crippen LogP contribution is 2.18. The van der Waals surface area contributed by atoms with Crippen LogP contribution in [0.3, 0.4) is 0 Å². The Morgan fingerprint density at radius 3 is 2.50 bits per heavy atom. The van der Waals surface area contributed by atoms with Crippen molar-refractivity contribution >= 4 is 0 Å². The van der Waals surface area contributed by atoms with E-state index in [9.17, 15) is 0 Å². The van der Waals surface area contributed by atoms with Crippen LogP contribution in [0.4, 0.5) is 0 Å². The molecule has 0 saturated carbocycles. The molecule has 122 valence electrons. The Morgan fingerprint density at radius 1 is 0.909 bits per heavy atom. The number of nitrogens with two attached hydrogens (primary N) is 1. The van der Waals surface area contributed by atoms with Crippen LogP contribution in [-0.2, 0) is 19.6 Å². The first kappa shape index (κ1) is 15.9. The summed E-state index contributed by atoms with van der Waals surface area (Å²) in [7, 11) is 0. The first-order chi connectivity index (χ1) is 10.8. The summed E-state index contributed by atoms with van der Waals surface area (Å²) in [5.41, 5.74) is 9.99. The summed E-state index contributed by atoms with van der Waals surface area (Å²) < 4.78 is 0. The molecule has 0 bridgehead atoms. The molecule has 1 aromatic carbocycles. The van der Waals surface area contributed by atoms with Crippen LogP contribution < -0.4 is 11.1 Å². The minimum absolute atomic E-state index is 0.837. The van der Waals surface area contributed by atoms with Crippen molar-refractivity contribution < 1.29 is 0 Å². The lowest BCUT2D eigenvalue weighted by atomic mass is 10.1. The zero-order chi connectivity index (χ0) is 15.2. The summed E-state index contributed by atoms with van der Waals surface area (Å²) in [4.78, 5) is 5.21. The summed E-state index contributed by atoms with van der Waals surface area (Å²) >= 11 is 0. The second-order valence-corrected chi connectivity index (χ2v) is 6.67. The lowest BCUT2D eigenvalue weighted by Crippen LogP contribution is -2.46. The molecule has 2 heterocycles. The van der Waals surface area contributed by atoms with Gasteiger partial charge in [-0.2, -0.15) is 0 Å². The van der Waals surface area contributed by atoms with Crippen molar-refractivity contribution in [3.63, 3.8) is 0 Å². The molecule has 22 heavy (non-hydrogen) atoms. The van der Waals surface area contributed by atoms with Gasteiger partial charge >= 0.3 is 0 Å². The molecule has 2 aliphatic rings. The van der Waals surface area contributed by atoms with Gasteiger partial charge in [0, 0.05) is 45.8 Å². The number of nitrogens with one attached hydrogen (secondary N) is 1. The minimum Gasteiger partial charge on any atom is -0.330 e. The number of rotatable bonds is 7. The number of benzene rings is 1. The van der Waals surface area contributed by atoms with Crippen molar-refractivity contribution in [2.75, 3.05) is 39.3 Å². The van der Waals surface area contributed by atoms with E-state index < -0.39 is 0 Å². The van der Waals surface area contributed by atoms with Crippen LogP contribution in [0.15, 0.2) is 18.2 Å². The minimum atomic E-state index is 0.837. The quantitative estimate of drug-likeness (QED) is 0.750. The van der Waals surface area contributed by atoms with E-state index in [2.05, 4.69) is 33.3 Å². The van der Waals surface area contributed by atoms with Crippen molar-refractivity contribution in [2.24, 2.45) is 5.73 Å². The molecule has 4 heteroatoms. The maximum Gasteiger partial charge on any atom is 0.0234 e. The highest BCUT2D eigenvalue weighted by atomic mass is 15.3. The Morgan fingerprint density at radius 2 is 1.68 bits per heavy atom. The van der Waals surface area contributed by atoms with E-state index in [1.807, 2.05) is 0 Å². The van der Waals surface area contributed by atoms with Crippen molar-refractivity contribution in [3.8, 4) is 0 Å². The molecule has 2 aliphatic heterocycles. The van der Waals surface area contributed by atoms with E-state index >= 15 is 0 Å². The van der Waals surface area contributed by atoms with Crippen molar-refractivity contribution in [1.82, 2.24) is 15.1 Å². The van der Waals surface area contributed by atoms with Gasteiger partial charge in [-0.1, -0.05) is 24.6 Å². The van der Waals surface area contributed by atoms with Crippen LogP contribution in [-0.4, -0.2) is 49.1 Å². The van der Waals surface area contributed by atoms with Gasteiger partial charge in [-0.25, -0.2) is 0 Å². The summed E-state index contributed by atoms with van der Waals surface area (Å²) in [5.74, 6) is 0. The van der Waals surface area contributed by atoms with Crippen molar-refractivity contribution in [2.45, 2.75) is 38.9 Å². The number of unbranched alkanes of at least 4 members (excludes halogenated alkanes) is 2. The maximum absolute atomic E-state index is 5.55. The molecule has 0 amide bonds. The average Bonchev–Trinajstić information content (AvgIpc) is 3.01. The van der Waals surface area contributed by atoms with Crippen LogP contribution >= 0.6 is 0 Å². The van der Waals surface area contributed by atoms with Crippen LogP contribution in [0.1, 0.15) is 36.0 Å². The molecule has 0 aliphatic carbocycles. The molecular weight excluding hydrogens is 272 g/mol. The predicted octanol–water partition coefficient (Wildman–Crippen LogP) is 1.54. The summed E-state index contributed by atoms with van der Waals surface area (Å²) in [5, 5.41) is 3.42. The molecule has 0 unspecified atom stereocenters. The summed E-state index contributed by atoms with van der Waals surface area (Å²) in [6.07, 6.45) is 3.75. The molecule has 0 aromatic heterocycles. The van der Waals surface area contributed by atoms with Gasteiger partial charge in [0.05, 0.1) is 0 Å². The fraction of sp³-hybridized carbons (Fsp3) is 0.667. The number of fused-ring (bicyclic) bond motifs is 1. The topological polar surface area (TPSA) is 44.5 Å². The van der Waals surface area contributed by atoms with Crippen LogP contribution in [0.25, 0.3) is 0 Å². The fourth-order valence-corrected chi connectivity index (χ4v) is 3.53. The Kier molecular flexibility index (Phi) is 5.84. The monoisotopic (exact) mass is 302 g/mol. The summed E-state index contributed by atoms with van der Waals surface area (Å²) in [6, 6.07) is 7.01. The van der Waals surface area contributed by atoms with E-state index in [-0.39, 0.29) is 0 Å². The zero-order valence-corrected chi connectivity index (χ0v) is 13.7. The third-order valence-corrected chi connectivity index (χ3v) is 4.95. The normalized spacial score (nSPS) is 19.5. The second-order valence-electron chi connectivity index (χ2n) is 6.67. The molecular formula is C18H30N4. The Hall–Kier alpha value is -0.940. The van der Waals surface area contributed by atoms with Gasteiger partial charge in [0.15, 0.2) is 0 Å². The molecule has 4 nitrogen and oxygen atoms in total. The third-order valence-electron chi connectivity index (χ3n) is 4.95. The van der Waals surface area contributed by atoms with Gasteiger partial charge in [0.25, 0.3) is 0 Å².